The van der Waals surface area contributed by atoms with Crippen molar-refractivity contribution in [3.05, 3.63) is 94.2 Å². The predicted octanol–water partition coefficient (Wildman–Crippen LogP) is 4.22. The Morgan fingerprint density at radius 3 is 1.21 bits per heavy atom. The third-order valence-electron chi connectivity index (χ3n) is 4.38. The Morgan fingerprint density at radius 1 is 0.571 bits per heavy atom. The standard InChI is InChI=1S/C20H20N8/c21-25-23-9-15-27-11-5-19(6-12-27)17-1-2-18(4-3-17)20-7-13-28(14-8-20)16-10-24-26-22/h1-8,11-14H,9-10,15-16H2/q+2. The molecule has 1 aromatic carbocycles. The van der Waals surface area contributed by atoms with Crippen LogP contribution in [-0.2, 0) is 13.1 Å². The summed E-state index contributed by atoms with van der Waals surface area (Å²) in [7, 11) is 0. The molecular formula is C20H20N8+2. The largest absolute Gasteiger partial charge is 0.205 e. The Kier molecular flexibility index (Phi) is 6.57. The minimum Gasteiger partial charge on any atom is -0.205 e. The molecule has 0 saturated carbocycles. The zero-order valence-electron chi connectivity index (χ0n) is 15.3. The van der Waals surface area contributed by atoms with Gasteiger partial charge < -0.3 is 0 Å². The number of pyridine rings is 2. The van der Waals surface area contributed by atoms with Gasteiger partial charge in [-0.05, 0) is 33.3 Å². The second-order valence-corrected chi connectivity index (χ2v) is 6.14. The van der Waals surface area contributed by atoms with E-state index in [2.05, 4.69) is 68.6 Å². The van der Waals surface area contributed by atoms with Gasteiger partial charge in [0.05, 0.1) is 13.1 Å². The lowest BCUT2D eigenvalue weighted by molar-refractivity contribution is -0.694. The SMILES string of the molecule is [N-]=[N+]=NCC[n+]1ccc(-c2ccc(-c3cc[n+](CCN=[N+]=[N-])cc3)cc2)cc1. The van der Waals surface area contributed by atoms with E-state index in [1.165, 1.54) is 0 Å². The Hall–Kier alpha value is -3.86. The fraction of sp³-hybridized carbons (Fsp3) is 0.200. The van der Waals surface area contributed by atoms with Gasteiger partial charge in [-0.25, -0.2) is 9.13 Å². The summed E-state index contributed by atoms with van der Waals surface area (Å²) in [5, 5.41) is 7.10. The number of azide groups is 2. The van der Waals surface area contributed by atoms with Gasteiger partial charge in [0.15, 0.2) is 37.9 Å². The molecule has 0 spiro atoms. The molecule has 2 aromatic heterocycles. The molecule has 0 bridgehead atoms. The Labute approximate surface area is 162 Å². The maximum absolute atomic E-state index is 8.33. The molecule has 0 atom stereocenters. The minimum absolute atomic E-state index is 0.442. The maximum Gasteiger partial charge on any atom is 0.169 e. The maximum atomic E-state index is 8.33. The van der Waals surface area contributed by atoms with Crippen LogP contribution in [0, 0.1) is 0 Å². The fourth-order valence-corrected chi connectivity index (χ4v) is 2.86. The second-order valence-electron chi connectivity index (χ2n) is 6.14. The first kappa shape index (κ1) is 18.9. The second kappa shape index (κ2) is 9.73. The number of nitrogens with zero attached hydrogens (tertiary/aromatic N) is 8. The first-order valence-electron chi connectivity index (χ1n) is 8.91. The van der Waals surface area contributed by atoms with Gasteiger partial charge in [-0.2, -0.15) is 0 Å². The van der Waals surface area contributed by atoms with Crippen molar-refractivity contribution in [1.29, 1.82) is 0 Å². The summed E-state index contributed by atoms with van der Waals surface area (Å²) in [4.78, 5) is 5.53. The number of aromatic nitrogens is 2. The Morgan fingerprint density at radius 2 is 0.893 bits per heavy atom. The molecule has 8 nitrogen and oxygen atoms in total. The highest BCUT2D eigenvalue weighted by Crippen LogP contribution is 2.23. The van der Waals surface area contributed by atoms with Crippen LogP contribution in [-0.4, -0.2) is 13.1 Å². The normalized spacial score (nSPS) is 10.0. The highest BCUT2D eigenvalue weighted by Gasteiger charge is 2.05. The van der Waals surface area contributed by atoms with Crippen molar-refractivity contribution < 1.29 is 9.13 Å². The third kappa shape index (κ3) is 5.08. The summed E-state index contributed by atoms with van der Waals surface area (Å²) in [5.74, 6) is 0. The molecule has 0 amide bonds. The van der Waals surface area contributed by atoms with Crippen molar-refractivity contribution in [2.24, 2.45) is 10.2 Å². The minimum atomic E-state index is 0.442. The molecule has 8 heteroatoms. The van der Waals surface area contributed by atoms with Gasteiger partial charge in [0, 0.05) is 34.1 Å². The summed E-state index contributed by atoms with van der Waals surface area (Å²) in [6.07, 6.45) is 7.95. The molecule has 0 aliphatic carbocycles. The van der Waals surface area contributed by atoms with Crippen LogP contribution in [0.15, 0.2) is 83.5 Å². The topological polar surface area (TPSA) is 105 Å². The average molecular weight is 372 g/mol. The summed E-state index contributed by atoms with van der Waals surface area (Å²) in [6, 6.07) is 16.7. The van der Waals surface area contributed by atoms with E-state index in [-0.39, 0.29) is 0 Å². The lowest BCUT2D eigenvalue weighted by Gasteiger charge is -2.04. The van der Waals surface area contributed by atoms with E-state index in [4.69, 9.17) is 11.1 Å². The van der Waals surface area contributed by atoms with E-state index >= 15 is 0 Å². The first-order chi connectivity index (χ1) is 13.8. The van der Waals surface area contributed by atoms with E-state index < -0.39 is 0 Å². The average Bonchev–Trinajstić information content (AvgIpc) is 2.75. The lowest BCUT2D eigenvalue weighted by atomic mass is 10.0. The van der Waals surface area contributed by atoms with Gasteiger partial charge in [0.2, 0.25) is 0 Å². The molecule has 0 radical (unpaired) electrons. The van der Waals surface area contributed by atoms with E-state index in [0.29, 0.717) is 26.2 Å². The van der Waals surface area contributed by atoms with Crippen molar-refractivity contribution >= 4 is 0 Å². The molecule has 0 N–H and O–H groups in total. The van der Waals surface area contributed by atoms with Gasteiger partial charge in [-0.3, -0.25) is 0 Å². The van der Waals surface area contributed by atoms with Crippen LogP contribution in [0.25, 0.3) is 43.1 Å². The summed E-state index contributed by atoms with van der Waals surface area (Å²) < 4.78 is 3.99. The van der Waals surface area contributed by atoms with Gasteiger partial charge >= 0.3 is 0 Å². The van der Waals surface area contributed by atoms with E-state index in [1.54, 1.807) is 0 Å². The summed E-state index contributed by atoms with van der Waals surface area (Å²) in [6.45, 7) is 2.22. The fourth-order valence-electron chi connectivity index (χ4n) is 2.86. The lowest BCUT2D eigenvalue weighted by Crippen LogP contribution is -2.33. The highest BCUT2D eigenvalue weighted by molar-refractivity contribution is 5.69. The molecule has 28 heavy (non-hydrogen) atoms. The van der Waals surface area contributed by atoms with Crippen molar-refractivity contribution in [3.8, 4) is 22.3 Å². The van der Waals surface area contributed by atoms with Gasteiger partial charge in [0.25, 0.3) is 0 Å². The van der Waals surface area contributed by atoms with Crippen LogP contribution in [0.1, 0.15) is 0 Å². The highest BCUT2D eigenvalue weighted by atomic mass is 15.1. The molecule has 138 valence electrons. The zero-order valence-corrected chi connectivity index (χ0v) is 15.3. The molecule has 3 aromatic rings. The molecule has 0 unspecified atom stereocenters. The van der Waals surface area contributed by atoms with Crippen molar-refractivity contribution in [1.82, 2.24) is 0 Å². The smallest absolute Gasteiger partial charge is 0.169 e. The van der Waals surface area contributed by atoms with Gasteiger partial charge in [-0.15, -0.1) is 0 Å². The van der Waals surface area contributed by atoms with E-state index in [0.717, 1.165) is 22.3 Å². The van der Waals surface area contributed by atoms with Crippen LogP contribution in [0.4, 0.5) is 0 Å². The van der Waals surface area contributed by atoms with Crippen LogP contribution in [0.3, 0.4) is 0 Å². The monoisotopic (exact) mass is 372 g/mol. The number of hydrogen-bond acceptors (Lipinski definition) is 2. The first-order valence-corrected chi connectivity index (χ1v) is 8.91. The Bertz CT molecular complexity index is 913. The van der Waals surface area contributed by atoms with Crippen LogP contribution in [0.5, 0.6) is 0 Å². The quantitative estimate of drug-likeness (QED) is 0.244. The number of benzene rings is 1. The molecule has 0 saturated heterocycles. The molecule has 2 heterocycles. The van der Waals surface area contributed by atoms with Crippen molar-refractivity contribution in [2.75, 3.05) is 13.1 Å². The van der Waals surface area contributed by atoms with Crippen molar-refractivity contribution in [3.63, 3.8) is 0 Å². The van der Waals surface area contributed by atoms with Crippen LogP contribution in [0.2, 0.25) is 0 Å². The molecular weight excluding hydrogens is 352 g/mol. The third-order valence-corrected chi connectivity index (χ3v) is 4.38. The van der Waals surface area contributed by atoms with Crippen LogP contribution >= 0.6 is 0 Å². The van der Waals surface area contributed by atoms with E-state index in [9.17, 15) is 0 Å². The summed E-state index contributed by atoms with van der Waals surface area (Å²) in [5.41, 5.74) is 21.2. The molecule has 3 rings (SSSR count). The molecule has 0 aliphatic heterocycles. The van der Waals surface area contributed by atoms with Gasteiger partial charge in [-0.1, -0.05) is 34.5 Å². The predicted molar refractivity (Wildman–Crippen MR) is 106 cm³/mol. The van der Waals surface area contributed by atoms with Gasteiger partial charge in [0.1, 0.15) is 0 Å². The Balaban J connectivity index is 1.67. The summed E-state index contributed by atoms with van der Waals surface area (Å²) >= 11 is 0. The van der Waals surface area contributed by atoms with E-state index in [1.807, 2.05) is 33.9 Å². The van der Waals surface area contributed by atoms with Crippen molar-refractivity contribution in [2.45, 2.75) is 13.1 Å². The van der Waals surface area contributed by atoms with Crippen LogP contribution < -0.4 is 9.13 Å². The number of hydrogen-bond donors (Lipinski definition) is 0. The number of rotatable bonds is 8. The molecule has 0 fully saturated rings. The zero-order chi connectivity index (χ0) is 19.6. The molecule has 0 aliphatic rings.